The number of carbonyl (C=O) groups is 1. The average molecular weight is 417 g/mol. The number of nitrogen functional groups attached to an aromatic ring is 1. The van der Waals surface area contributed by atoms with Gasteiger partial charge in [0.2, 0.25) is 0 Å². The summed E-state index contributed by atoms with van der Waals surface area (Å²) in [5.74, 6) is 1.31. The third-order valence-electron chi connectivity index (χ3n) is 5.36. The van der Waals surface area contributed by atoms with Crippen LogP contribution in [-0.2, 0) is 0 Å². The molecule has 1 heterocycles. The molecule has 0 aromatic heterocycles. The summed E-state index contributed by atoms with van der Waals surface area (Å²) >= 11 is 5.60. The molecule has 0 atom stereocenters. The third-order valence-corrected chi connectivity index (χ3v) is 5.47. The largest absolute Gasteiger partial charge is 0.476 e. The summed E-state index contributed by atoms with van der Waals surface area (Å²) in [6.07, 6.45) is 9.30. The van der Waals surface area contributed by atoms with E-state index in [2.05, 4.69) is 11.8 Å². The second-order valence-corrected chi connectivity index (χ2v) is 7.53. The number of nitrogens with two attached hydrogens (primary N) is 1. The van der Waals surface area contributed by atoms with Gasteiger partial charge in [-0.15, -0.1) is 12.4 Å². The van der Waals surface area contributed by atoms with Crippen molar-refractivity contribution in [2.24, 2.45) is 5.92 Å². The standard InChI is InChI=1S/C21H33ClN2O2.ClH/c1-2-3-4-5-12-24-13-10-17(11-14-24)6-9-20(25)18-7-8-19(23)21(15-18)26-16-22;/h7-8,15,17H,2-6,9-14,16,23H2,1H3;1H. The zero-order valence-electron chi connectivity index (χ0n) is 16.4. The van der Waals surface area contributed by atoms with Gasteiger partial charge in [-0.2, -0.15) is 0 Å². The third kappa shape index (κ3) is 8.28. The summed E-state index contributed by atoms with van der Waals surface area (Å²) in [6, 6.07) is 5.22. The maximum absolute atomic E-state index is 12.5. The van der Waals surface area contributed by atoms with Crippen molar-refractivity contribution >= 4 is 35.5 Å². The number of piperidine rings is 1. The Balaban J connectivity index is 0.00000364. The molecular formula is C21H34Cl2N2O2. The van der Waals surface area contributed by atoms with Crippen molar-refractivity contribution in [3.05, 3.63) is 23.8 Å². The van der Waals surface area contributed by atoms with Gasteiger partial charge in [0.1, 0.15) is 5.75 Å². The van der Waals surface area contributed by atoms with E-state index in [4.69, 9.17) is 22.1 Å². The van der Waals surface area contributed by atoms with Crippen molar-refractivity contribution in [1.82, 2.24) is 4.90 Å². The van der Waals surface area contributed by atoms with E-state index >= 15 is 0 Å². The van der Waals surface area contributed by atoms with E-state index in [1.165, 1.54) is 58.2 Å². The summed E-state index contributed by atoms with van der Waals surface area (Å²) in [5, 5.41) is 0. The minimum atomic E-state index is 0. The van der Waals surface area contributed by atoms with E-state index in [9.17, 15) is 4.79 Å². The minimum Gasteiger partial charge on any atom is -0.476 e. The Bertz CT molecular complexity index is 561. The Hall–Kier alpha value is -0.970. The highest BCUT2D eigenvalue weighted by Crippen LogP contribution is 2.26. The molecule has 27 heavy (non-hydrogen) atoms. The van der Waals surface area contributed by atoms with Crippen molar-refractivity contribution < 1.29 is 9.53 Å². The fourth-order valence-electron chi connectivity index (χ4n) is 3.63. The molecule has 1 fully saturated rings. The second kappa shape index (κ2) is 13.2. The number of carbonyl (C=O) groups excluding carboxylic acids is 1. The van der Waals surface area contributed by atoms with E-state index in [0.717, 1.165) is 6.42 Å². The number of likely N-dealkylation sites (tertiary alicyclic amines) is 1. The van der Waals surface area contributed by atoms with E-state index < -0.39 is 0 Å². The lowest BCUT2D eigenvalue weighted by Crippen LogP contribution is -2.34. The number of nitrogens with zero attached hydrogens (tertiary/aromatic N) is 1. The molecule has 6 heteroatoms. The molecule has 0 spiro atoms. The Morgan fingerprint density at radius 3 is 2.67 bits per heavy atom. The van der Waals surface area contributed by atoms with Crippen LogP contribution in [0.2, 0.25) is 0 Å². The van der Waals surface area contributed by atoms with Crippen LogP contribution in [0, 0.1) is 5.92 Å². The van der Waals surface area contributed by atoms with Gasteiger partial charge in [0.05, 0.1) is 5.69 Å². The van der Waals surface area contributed by atoms with Crippen LogP contribution in [0.3, 0.4) is 0 Å². The number of unbranched alkanes of at least 4 members (excludes halogenated alkanes) is 3. The molecule has 0 aliphatic carbocycles. The number of halogens is 2. The van der Waals surface area contributed by atoms with Gasteiger partial charge in [-0.05, 0) is 69.4 Å². The topological polar surface area (TPSA) is 55.6 Å². The number of ether oxygens (including phenoxy) is 1. The van der Waals surface area contributed by atoms with Crippen molar-refractivity contribution in [3.63, 3.8) is 0 Å². The predicted octanol–water partition coefficient (Wildman–Crippen LogP) is 5.52. The summed E-state index contributed by atoms with van der Waals surface area (Å²) in [7, 11) is 0. The summed E-state index contributed by atoms with van der Waals surface area (Å²) in [6.45, 7) is 5.85. The SMILES string of the molecule is CCCCCCN1CCC(CCC(=O)c2ccc(N)c(OCCl)c2)CC1.Cl. The number of rotatable bonds is 11. The van der Waals surface area contributed by atoms with Crippen LogP contribution in [0.1, 0.15) is 68.6 Å². The number of Topliss-reactive ketones (excluding diaryl/α,β-unsaturated/α-hetero) is 1. The summed E-state index contributed by atoms with van der Waals surface area (Å²) < 4.78 is 5.26. The molecule has 0 amide bonds. The number of hydrogen-bond acceptors (Lipinski definition) is 4. The van der Waals surface area contributed by atoms with E-state index in [1.54, 1.807) is 18.2 Å². The molecule has 0 unspecified atom stereocenters. The molecule has 2 rings (SSSR count). The lowest BCUT2D eigenvalue weighted by molar-refractivity contribution is 0.0962. The quantitative estimate of drug-likeness (QED) is 0.223. The molecule has 0 bridgehead atoms. The van der Waals surface area contributed by atoms with Crippen LogP contribution in [0.4, 0.5) is 5.69 Å². The zero-order chi connectivity index (χ0) is 18.8. The van der Waals surface area contributed by atoms with Crippen LogP contribution in [-0.4, -0.2) is 36.4 Å². The normalized spacial score (nSPS) is 15.3. The van der Waals surface area contributed by atoms with Gasteiger partial charge in [0.25, 0.3) is 0 Å². The molecule has 154 valence electrons. The second-order valence-electron chi connectivity index (χ2n) is 7.31. The number of hydrogen-bond donors (Lipinski definition) is 1. The van der Waals surface area contributed by atoms with E-state index in [0.29, 0.717) is 29.3 Å². The van der Waals surface area contributed by atoms with E-state index in [-0.39, 0.29) is 24.3 Å². The first-order valence-electron chi connectivity index (χ1n) is 9.97. The Labute approximate surface area is 175 Å². The van der Waals surface area contributed by atoms with E-state index in [1.807, 2.05) is 0 Å². The lowest BCUT2D eigenvalue weighted by Gasteiger charge is -2.31. The van der Waals surface area contributed by atoms with Gasteiger partial charge < -0.3 is 15.4 Å². The van der Waals surface area contributed by atoms with Crippen LogP contribution in [0.25, 0.3) is 0 Å². The van der Waals surface area contributed by atoms with Gasteiger partial charge >= 0.3 is 0 Å². The number of anilines is 1. The molecule has 0 saturated carbocycles. The highest BCUT2D eigenvalue weighted by atomic mass is 35.5. The number of alkyl halides is 1. The van der Waals surface area contributed by atoms with Crippen molar-refractivity contribution in [2.45, 2.75) is 58.3 Å². The van der Waals surface area contributed by atoms with Crippen LogP contribution < -0.4 is 10.5 Å². The average Bonchev–Trinajstić information content (AvgIpc) is 2.66. The number of benzene rings is 1. The maximum Gasteiger partial charge on any atom is 0.163 e. The van der Waals surface area contributed by atoms with Gasteiger partial charge in [-0.25, -0.2) is 0 Å². The molecule has 1 aliphatic rings. The Kier molecular flexibility index (Phi) is 11.8. The van der Waals surface area contributed by atoms with Crippen molar-refractivity contribution in [1.29, 1.82) is 0 Å². The van der Waals surface area contributed by atoms with Crippen molar-refractivity contribution in [3.8, 4) is 5.75 Å². The van der Waals surface area contributed by atoms with Gasteiger partial charge in [-0.1, -0.05) is 37.8 Å². The fraction of sp³-hybridized carbons (Fsp3) is 0.667. The molecule has 0 radical (unpaired) electrons. The highest BCUT2D eigenvalue weighted by Gasteiger charge is 2.20. The minimum absolute atomic E-state index is 0. The molecule has 1 saturated heterocycles. The first-order chi connectivity index (χ1) is 12.6. The summed E-state index contributed by atoms with van der Waals surface area (Å²) in [4.78, 5) is 15.1. The van der Waals surface area contributed by atoms with Crippen LogP contribution in [0.15, 0.2) is 18.2 Å². The predicted molar refractivity (Wildman–Crippen MR) is 116 cm³/mol. The number of ketones is 1. The monoisotopic (exact) mass is 416 g/mol. The first-order valence-corrected chi connectivity index (χ1v) is 10.5. The first kappa shape index (κ1) is 24.1. The summed E-state index contributed by atoms with van der Waals surface area (Å²) in [5.41, 5.74) is 7.00. The smallest absolute Gasteiger partial charge is 0.163 e. The molecule has 4 nitrogen and oxygen atoms in total. The highest BCUT2D eigenvalue weighted by molar-refractivity contribution is 6.17. The molecule has 1 aromatic rings. The van der Waals surface area contributed by atoms with Gasteiger partial charge in [-0.3, -0.25) is 4.79 Å². The maximum atomic E-state index is 12.5. The molecular weight excluding hydrogens is 383 g/mol. The Morgan fingerprint density at radius 1 is 1.26 bits per heavy atom. The lowest BCUT2D eigenvalue weighted by atomic mass is 9.90. The Morgan fingerprint density at radius 2 is 2.00 bits per heavy atom. The molecule has 1 aliphatic heterocycles. The molecule has 1 aromatic carbocycles. The van der Waals surface area contributed by atoms with Crippen LogP contribution >= 0.6 is 24.0 Å². The van der Waals surface area contributed by atoms with Crippen molar-refractivity contribution in [2.75, 3.05) is 31.4 Å². The molecule has 2 N–H and O–H groups in total. The fourth-order valence-corrected chi connectivity index (χ4v) is 3.75. The van der Waals surface area contributed by atoms with Crippen LogP contribution in [0.5, 0.6) is 5.75 Å². The van der Waals surface area contributed by atoms with Gasteiger partial charge in [0.15, 0.2) is 11.8 Å². The van der Waals surface area contributed by atoms with Gasteiger partial charge in [0, 0.05) is 12.0 Å². The zero-order valence-corrected chi connectivity index (χ0v) is 18.0.